The summed E-state index contributed by atoms with van der Waals surface area (Å²) in [5.74, 6) is 0. The number of alkyl halides is 1. The Hall–Kier alpha value is -0.123. The van der Waals surface area contributed by atoms with Crippen LogP contribution in [0.5, 0.6) is 0 Å². The Morgan fingerprint density at radius 2 is 1.71 bits per heavy atom. The summed E-state index contributed by atoms with van der Waals surface area (Å²) in [6.07, 6.45) is 0. The van der Waals surface area contributed by atoms with E-state index in [9.17, 15) is 0 Å². The first-order valence-corrected chi connectivity index (χ1v) is 9.89. The zero-order chi connectivity index (χ0) is 13.1. The van der Waals surface area contributed by atoms with Crippen molar-refractivity contribution >= 4 is 24.2 Å². The van der Waals surface area contributed by atoms with Crippen LogP contribution in [0.25, 0.3) is 0 Å². The predicted octanol–water partition coefficient (Wildman–Crippen LogP) is 5.14. The van der Waals surface area contributed by atoms with Crippen molar-refractivity contribution in [1.29, 1.82) is 0 Å². The molecule has 1 atom stereocenters. The standard InChI is InChI=1S/C14H23BrOSi/c1-14(2,3)17(4,5)16-11-13(15)12-9-7-6-8-10-12/h6-10,13H,11H2,1-5H3/t13-/m1/s1. The summed E-state index contributed by atoms with van der Waals surface area (Å²) in [4.78, 5) is 0.290. The van der Waals surface area contributed by atoms with Crippen molar-refractivity contribution in [3.05, 3.63) is 35.9 Å². The highest BCUT2D eigenvalue weighted by atomic mass is 79.9. The Labute approximate surface area is 115 Å². The van der Waals surface area contributed by atoms with Gasteiger partial charge in [-0.25, -0.2) is 0 Å². The molecule has 0 spiro atoms. The zero-order valence-corrected chi connectivity index (χ0v) is 14.0. The molecule has 0 aromatic heterocycles. The molecular weight excluding hydrogens is 292 g/mol. The highest BCUT2D eigenvalue weighted by Gasteiger charge is 2.37. The van der Waals surface area contributed by atoms with Gasteiger partial charge in [0.25, 0.3) is 0 Å². The van der Waals surface area contributed by atoms with Gasteiger partial charge in [-0.2, -0.15) is 0 Å². The second-order valence-electron chi connectivity index (χ2n) is 5.95. The lowest BCUT2D eigenvalue weighted by Crippen LogP contribution is -2.41. The first-order chi connectivity index (χ1) is 7.74. The van der Waals surface area contributed by atoms with Crippen LogP contribution in [0.4, 0.5) is 0 Å². The maximum atomic E-state index is 6.20. The van der Waals surface area contributed by atoms with E-state index in [0.29, 0.717) is 0 Å². The molecule has 3 heteroatoms. The molecule has 96 valence electrons. The zero-order valence-electron chi connectivity index (χ0n) is 11.5. The van der Waals surface area contributed by atoms with Crippen molar-refractivity contribution in [1.82, 2.24) is 0 Å². The van der Waals surface area contributed by atoms with Crippen molar-refractivity contribution in [3.8, 4) is 0 Å². The Balaban J connectivity index is 2.58. The summed E-state index contributed by atoms with van der Waals surface area (Å²) in [5, 5.41) is 0.274. The molecule has 1 rings (SSSR count). The van der Waals surface area contributed by atoms with Gasteiger partial charge < -0.3 is 4.43 Å². The predicted molar refractivity (Wildman–Crippen MR) is 81.3 cm³/mol. The number of hydrogen-bond acceptors (Lipinski definition) is 1. The van der Waals surface area contributed by atoms with E-state index in [4.69, 9.17) is 4.43 Å². The van der Waals surface area contributed by atoms with Crippen LogP contribution in [0.15, 0.2) is 30.3 Å². The van der Waals surface area contributed by atoms with Crippen molar-refractivity contribution in [2.75, 3.05) is 6.61 Å². The highest BCUT2D eigenvalue weighted by Crippen LogP contribution is 2.37. The lowest BCUT2D eigenvalue weighted by Gasteiger charge is -2.36. The summed E-state index contributed by atoms with van der Waals surface area (Å²) < 4.78 is 6.20. The summed E-state index contributed by atoms with van der Waals surface area (Å²) in [6, 6.07) is 10.4. The van der Waals surface area contributed by atoms with E-state index in [2.05, 4.69) is 74.1 Å². The summed E-state index contributed by atoms with van der Waals surface area (Å²) >= 11 is 3.70. The molecule has 0 bridgehead atoms. The molecule has 0 amide bonds. The fraction of sp³-hybridized carbons (Fsp3) is 0.571. The van der Waals surface area contributed by atoms with Gasteiger partial charge in [-0.05, 0) is 23.7 Å². The molecular formula is C14H23BrOSi. The van der Waals surface area contributed by atoms with Crippen molar-refractivity contribution in [3.63, 3.8) is 0 Å². The van der Waals surface area contributed by atoms with E-state index >= 15 is 0 Å². The Morgan fingerprint density at radius 1 is 1.18 bits per heavy atom. The molecule has 0 saturated carbocycles. The third-order valence-electron chi connectivity index (χ3n) is 3.56. The van der Waals surface area contributed by atoms with Crippen LogP contribution in [0.1, 0.15) is 31.2 Å². The van der Waals surface area contributed by atoms with E-state index in [1.54, 1.807) is 0 Å². The Morgan fingerprint density at radius 3 is 2.18 bits per heavy atom. The van der Waals surface area contributed by atoms with E-state index in [-0.39, 0.29) is 9.87 Å². The molecule has 1 aromatic rings. The molecule has 0 aliphatic heterocycles. The monoisotopic (exact) mass is 314 g/mol. The maximum absolute atomic E-state index is 6.20. The molecule has 0 aliphatic rings. The maximum Gasteiger partial charge on any atom is 0.192 e. The Kier molecular flexibility index (Phi) is 4.99. The highest BCUT2D eigenvalue weighted by molar-refractivity contribution is 9.09. The second-order valence-corrected chi connectivity index (χ2v) is 11.9. The second kappa shape index (κ2) is 5.68. The van der Waals surface area contributed by atoms with Gasteiger partial charge in [-0.15, -0.1) is 0 Å². The van der Waals surface area contributed by atoms with Gasteiger partial charge in [0.15, 0.2) is 8.32 Å². The van der Waals surface area contributed by atoms with E-state index in [1.165, 1.54) is 5.56 Å². The summed E-state index contributed by atoms with van der Waals surface area (Å²) in [6.45, 7) is 12.1. The van der Waals surface area contributed by atoms with E-state index < -0.39 is 8.32 Å². The van der Waals surface area contributed by atoms with Gasteiger partial charge in [0.2, 0.25) is 0 Å². The topological polar surface area (TPSA) is 9.23 Å². The third-order valence-corrected chi connectivity index (χ3v) is 8.85. The Bertz CT molecular complexity index is 343. The molecule has 0 heterocycles. The number of halogens is 1. The average Bonchev–Trinajstić information content (AvgIpc) is 2.25. The third kappa shape index (κ3) is 4.23. The van der Waals surface area contributed by atoms with Crippen molar-refractivity contribution < 1.29 is 4.43 Å². The molecule has 17 heavy (non-hydrogen) atoms. The van der Waals surface area contributed by atoms with E-state index in [1.807, 2.05) is 6.07 Å². The lowest BCUT2D eigenvalue weighted by molar-refractivity contribution is 0.291. The fourth-order valence-corrected chi connectivity index (χ4v) is 2.95. The van der Waals surface area contributed by atoms with Crippen LogP contribution in [0.3, 0.4) is 0 Å². The van der Waals surface area contributed by atoms with Crippen molar-refractivity contribution in [2.45, 2.75) is 43.7 Å². The van der Waals surface area contributed by atoms with Gasteiger partial charge in [0, 0.05) is 0 Å². The van der Waals surface area contributed by atoms with Crippen LogP contribution in [-0.2, 0) is 4.43 Å². The number of rotatable bonds is 4. The van der Waals surface area contributed by atoms with Crippen LogP contribution in [0.2, 0.25) is 18.1 Å². The van der Waals surface area contributed by atoms with Gasteiger partial charge in [-0.3, -0.25) is 0 Å². The average molecular weight is 315 g/mol. The lowest BCUT2D eigenvalue weighted by atomic mass is 10.2. The molecule has 0 unspecified atom stereocenters. The quantitative estimate of drug-likeness (QED) is 0.552. The van der Waals surface area contributed by atoms with Gasteiger partial charge in [0.05, 0.1) is 11.4 Å². The molecule has 0 aliphatic carbocycles. The van der Waals surface area contributed by atoms with Gasteiger partial charge in [0.1, 0.15) is 0 Å². The minimum absolute atomic E-state index is 0.274. The molecule has 0 radical (unpaired) electrons. The van der Waals surface area contributed by atoms with Crippen LogP contribution >= 0.6 is 15.9 Å². The van der Waals surface area contributed by atoms with Crippen LogP contribution < -0.4 is 0 Å². The number of benzene rings is 1. The SMILES string of the molecule is CC(C)(C)[Si](C)(C)OC[C@@H](Br)c1ccccc1. The normalized spacial score (nSPS) is 14.7. The largest absolute Gasteiger partial charge is 0.415 e. The number of hydrogen-bond donors (Lipinski definition) is 0. The first kappa shape index (κ1) is 14.9. The molecule has 0 N–H and O–H groups in total. The van der Waals surface area contributed by atoms with Crippen LogP contribution in [-0.4, -0.2) is 14.9 Å². The summed E-state index contributed by atoms with van der Waals surface area (Å²) in [5.41, 5.74) is 1.28. The molecule has 0 fully saturated rings. The van der Waals surface area contributed by atoms with Crippen molar-refractivity contribution in [2.24, 2.45) is 0 Å². The first-order valence-electron chi connectivity index (χ1n) is 6.07. The fourth-order valence-electron chi connectivity index (χ4n) is 1.26. The molecule has 0 saturated heterocycles. The van der Waals surface area contributed by atoms with Gasteiger partial charge in [-0.1, -0.05) is 67.0 Å². The molecule has 1 nitrogen and oxygen atoms in total. The minimum atomic E-state index is -1.63. The van der Waals surface area contributed by atoms with Crippen LogP contribution in [0, 0.1) is 0 Å². The summed E-state index contributed by atoms with van der Waals surface area (Å²) in [7, 11) is -1.63. The smallest absolute Gasteiger partial charge is 0.192 e. The molecule has 1 aromatic carbocycles. The minimum Gasteiger partial charge on any atom is -0.415 e. The van der Waals surface area contributed by atoms with Gasteiger partial charge >= 0.3 is 0 Å². The van der Waals surface area contributed by atoms with E-state index in [0.717, 1.165) is 6.61 Å².